The quantitative estimate of drug-likeness (QED) is 0.762. The number of hydrogen-bond donors (Lipinski definition) is 0. The summed E-state index contributed by atoms with van der Waals surface area (Å²) in [5, 5.41) is 8.66. The van der Waals surface area contributed by atoms with Crippen molar-refractivity contribution in [1.29, 1.82) is 5.26 Å². The minimum absolute atomic E-state index is 0.152. The van der Waals surface area contributed by atoms with Gasteiger partial charge in [0.1, 0.15) is 0 Å². The highest BCUT2D eigenvalue weighted by molar-refractivity contribution is 7.89. The maximum absolute atomic E-state index is 12.8. The van der Waals surface area contributed by atoms with Gasteiger partial charge in [0.15, 0.2) is 0 Å². The van der Waals surface area contributed by atoms with Crippen molar-refractivity contribution in [2.24, 2.45) is 5.92 Å². The highest BCUT2D eigenvalue weighted by atomic mass is 32.2. The molecule has 5 nitrogen and oxygen atoms in total. The van der Waals surface area contributed by atoms with Gasteiger partial charge in [0.05, 0.1) is 23.5 Å². The number of sulfonamides is 1. The summed E-state index contributed by atoms with van der Waals surface area (Å²) in [5.41, 5.74) is 1.71. The smallest absolute Gasteiger partial charge is 0.216 e. The summed E-state index contributed by atoms with van der Waals surface area (Å²) in [4.78, 5) is 0. The third kappa shape index (κ3) is 4.85. The first kappa shape index (κ1) is 19.3. The zero-order valence-electron chi connectivity index (χ0n) is 15.3. The Balaban J connectivity index is 1.41. The molecule has 1 saturated carbocycles. The molecular weight excluding hydrogens is 348 g/mol. The van der Waals surface area contributed by atoms with Crippen LogP contribution in [0.4, 0.5) is 0 Å². The highest BCUT2D eigenvalue weighted by Gasteiger charge is 2.35. The van der Waals surface area contributed by atoms with Gasteiger partial charge in [-0.15, -0.1) is 0 Å². The molecule has 0 radical (unpaired) electrons. The summed E-state index contributed by atoms with van der Waals surface area (Å²) in [6, 6.07) is 9.53. The van der Waals surface area contributed by atoms with Crippen LogP contribution in [0.3, 0.4) is 0 Å². The molecule has 1 aromatic carbocycles. The molecule has 0 atom stereocenters. The Labute approximate surface area is 157 Å². The largest absolute Gasteiger partial charge is 0.376 e. The first-order chi connectivity index (χ1) is 12.6. The van der Waals surface area contributed by atoms with Crippen LogP contribution in [0, 0.1) is 17.2 Å². The van der Waals surface area contributed by atoms with Crippen molar-refractivity contribution in [3.8, 4) is 6.07 Å². The van der Waals surface area contributed by atoms with Crippen LogP contribution in [0.1, 0.15) is 56.1 Å². The Morgan fingerprint density at radius 1 is 1.04 bits per heavy atom. The van der Waals surface area contributed by atoms with E-state index in [2.05, 4.69) is 6.07 Å². The minimum Gasteiger partial charge on any atom is -0.376 e. The summed E-state index contributed by atoms with van der Waals surface area (Å²) in [5.74, 6) is 0.422. The zero-order valence-corrected chi connectivity index (χ0v) is 16.1. The second-order valence-corrected chi connectivity index (χ2v) is 9.68. The van der Waals surface area contributed by atoms with E-state index in [-0.39, 0.29) is 5.25 Å². The Morgan fingerprint density at radius 2 is 1.69 bits per heavy atom. The zero-order chi connectivity index (χ0) is 18.4. The Kier molecular flexibility index (Phi) is 6.68. The molecule has 1 aliphatic heterocycles. The van der Waals surface area contributed by atoms with Gasteiger partial charge in [-0.3, -0.25) is 0 Å². The van der Waals surface area contributed by atoms with Gasteiger partial charge in [0, 0.05) is 19.7 Å². The number of nitriles is 1. The monoisotopic (exact) mass is 376 g/mol. The lowest BCUT2D eigenvalue weighted by Crippen LogP contribution is -2.44. The lowest BCUT2D eigenvalue weighted by Gasteiger charge is -2.34. The van der Waals surface area contributed by atoms with Crippen LogP contribution in [0.5, 0.6) is 0 Å². The molecule has 2 aliphatic rings. The fraction of sp³-hybridized carbons (Fsp3) is 0.650. The molecule has 0 N–H and O–H groups in total. The van der Waals surface area contributed by atoms with Gasteiger partial charge in [-0.25, -0.2) is 12.7 Å². The standard InChI is InChI=1S/C20H28N2O3S/c21-14-17-6-8-18(9-7-17)15-25-16-19-10-12-22(13-11-19)26(23,24)20-4-2-1-3-5-20/h6-9,19-20H,1-5,10-13,15-16H2. The lowest BCUT2D eigenvalue weighted by molar-refractivity contribution is 0.0686. The van der Waals surface area contributed by atoms with Crippen LogP contribution in [0.25, 0.3) is 0 Å². The maximum atomic E-state index is 12.8. The lowest BCUT2D eigenvalue weighted by atomic mass is 9.99. The fourth-order valence-corrected chi connectivity index (χ4v) is 5.99. The summed E-state index contributed by atoms with van der Waals surface area (Å²) in [7, 11) is -3.11. The SMILES string of the molecule is N#Cc1ccc(COCC2CCN(S(=O)(=O)C3CCCCC3)CC2)cc1. The molecule has 3 rings (SSSR count). The van der Waals surface area contributed by atoms with Gasteiger partial charge in [-0.2, -0.15) is 5.26 Å². The third-order valence-corrected chi connectivity index (χ3v) is 8.01. The van der Waals surface area contributed by atoms with E-state index in [0.717, 1.165) is 44.1 Å². The molecule has 0 unspecified atom stereocenters. The van der Waals surface area contributed by atoms with Gasteiger partial charge >= 0.3 is 0 Å². The van der Waals surface area contributed by atoms with E-state index in [1.807, 2.05) is 12.1 Å². The van der Waals surface area contributed by atoms with Crippen molar-refractivity contribution in [2.45, 2.75) is 56.8 Å². The third-order valence-electron chi connectivity index (χ3n) is 5.61. The van der Waals surface area contributed by atoms with Crippen LogP contribution >= 0.6 is 0 Å². The van der Waals surface area contributed by atoms with Crippen molar-refractivity contribution < 1.29 is 13.2 Å². The molecular formula is C20H28N2O3S. The van der Waals surface area contributed by atoms with E-state index in [1.165, 1.54) is 6.42 Å². The van der Waals surface area contributed by atoms with Gasteiger partial charge in [-0.1, -0.05) is 31.4 Å². The first-order valence-electron chi connectivity index (χ1n) is 9.65. The summed E-state index contributed by atoms with van der Waals surface area (Å²) in [6.07, 6.45) is 6.67. The van der Waals surface area contributed by atoms with E-state index < -0.39 is 10.0 Å². The van der Waals surface area contributed by atoms with Crippen LogP contribution in [0.15, 0.2) is 24.3 Å². The highest BCUT2D eigenvalue weighted by Crippen LogP contribution is 2.29. The Bertz CT molecular complexity index is 710. The van der Waals surface area contributed by atoms with Crippen LogP contribution in [0.2, 0.25) is 0 Å². The number of benzene rings is 1. The van der Waals surface area contributed by atoms with Crippen molar-refractivity contribution in [3.63, 3.8) is 0 Å². The van der Waals surface area contributed by atoms with Crippen LogP contribution in [-0.4, -0.2) is 37.7 Å². The molecule has 2 fully saturated rings. The molecule has 0 bridgehead atoms. The van der Waals surface area contributed by atoms with Gasteiger partial charge < -0.3 is 4.74 Å². The predicted octanol–water partition coefficient (Wildman–Crippen LogP) is 3.45. The Morgan fingerprint density at radius 3 is 2.31 bits per heavy atom. The molecule has 6 heteroatoms. The first-order valence-corrected chi connectivity index (χ1v) is 11.2. The van der Waals surface area contributed by atoms with Gasteiger partial charge in [0.2, 0.25) is 10.0 Å². The van der Waals surface area contributed by atoms with Gasteiger partial charge in [0.25, 0.3) is 0 Å². The summed E-state index contributed by atoms with van der Waals surface area (Å²) in [6.45, 7) is 2.46. The number of hydrogen-bond acceptors (Lipinski definition) is 4. The fourth-order valence-electron chi connectivity index (χ4n) is 3.92. The number of rotatable bonds is 6. The summed E-state index contributed by atoms with van der Waals surface area (Å²) >= 11 is 0. The van der Waals surface area contributed by atoms with Crippen LogP contribution in [-0.2, 0) is 21.4 Å². The van der Waals surface area contributed by atoms with Crippen molar-refractivity contribution >= 4 is 10.0 Å². The van der Waals surface area contributed by atoms with Crippen molar-refractivity contribution in [3.05, 3.63) is 35.4 Å². The van der Waals surface area contributed by atoms with Crippen LogP contribution < -0.4 is 0 Å². The molecule has 1 aliphatic carbocycles. The van der Waals surface area contributed by atoms with Gasteiger partial charge in [-0.05, 0) is 49.3 Å². The predicted molar refractivity (Wildman–Crippen MR) is 101 cm³/mol. The molecule has 0 spiro atoms. The molecule has 0 amide bonds. The van der Waals surface area contributed by atoms with Crippen molar-refractivity contribution in [2.75, 3.05) is 19.7 Å². The van der Waals surface area contributed by atoms with E-state index >= 15 is 0 Å². The number of piperidine rings is 1. The van der Waals surface area contributed by atoms with E-state index in [0.29, 0.717) is 37.8 Å². The maximum Gasteiger partial charge on any atom is 0.216 e. The second-order valence-electron chi connectivity index (χ2n) is 7.47. The number of ether oxygens (including phenoxy) is 1. The molecule has 1 heterocycles. The Hall–Kier alpha value is -1.42. The van der Waals surface area contributed by atoms with E-state index in [1.54, 1.807) is 16.4 Å². The topological polar surface area (TPSA) is 70.4 Å². The van der Waals surface area contributed by atoms with E-state index in [9.17, 15) is 8.42 Å². The molecule has 1 aromatic rings. The summed E-state index contributed by atoms with van der Waals surface area (Å²) < 4.78 is 33.1. The molecule has 1 saturated heterocycles. The van der Waals surface area contributed by atoms with E-state index in [4.69, 9.17) is 10.00 Å². The minimum atomic E-state index is -3.11. The number of nitrogens with zero attached hydrogens (tertiary/aromatic N) is 2. The average Bonchev–Trinajstić information content (AvgIpc) is 2.69. The van der Waals surface area contributed by atoms with Crippen molar-refractivity contribution in [1.82, 2.24) is 4.31 Å². The second kappa shape index (κ2) is 8.98. The molecule has 26 heavy (non-hydrogen) atoms. The molecule has 142 valence electrons. The normalized spacial score (nSPS) is 20.7. The molecule has 0 aromatic heterocycles. The average molecular weight is 377 g/mol.